The van der Waals surface area contributed by atoms with Crippen LogP contribution in [-0.4, -0.2) is 16.1 Å². The average molecular weight is 245 g/mol. The Bertz CT molecular complexity index is 526. The predicted molar refractivity (Wildman–Crippen MR) is 76.7 cm³/mol. The van der Waals surface area contributed by atoms with Gasteiger partial charge in [0.1, 0.15) is 5.82 Å². The maximum absolute atomic E-state index is 5.90. The molecule has 0 aliphatic rings. The zero-order chi connectivity index (χ0) is 13.2. The SMILES string of the molecule is CCCCn1c(C(C)(C)CN)nc2ccccc21. The molecule has 1 aromatic heterocycles. The van der Waals surface area contributed by atoms with Gasteiger partial charge in [0.15, 0.2) is 0 Å². The molecule has 3 heteroatoms. The average Bonchev–Trinajstić information content (AvgIpc) is 2.76. The molecule has 0 radical (unpaired) electrons. The molecule has 3 nitrogen and oxygen atoms in total. The van der Waals surface area contributed by atoms with Crippen LogP contribution < -0.4 is 5.73 Å². The molecule has 1 heterocycles. The van der Waals surface area contributed by atoms with Crippen LogP contribution in [0, 0.1) is 0 Å². The van der Waals surface area contributed by atoms with Crippen molar-refractivity contribution in [2.24, 2.45) is 5.73 Å². The van der Waals surface area contributed by atoms with Crippen molar-refractivity contribution in [1.82, 2.24) is 9.55 Å². The monoisotopic (exact) mass is 245 g/mol. The van der Waals surface area contributed by atoms with E-state index < -0.39 is 0 Å². The number of fused-ring (bicyclic) bond motifs is 1. The van der Waals surface area contributed by atoms with E-state index in [1.165, 1.54) is 18.4 Å². The Balaban J connectivity index is 2.56. The number of para-hydroxylation sites is 2. The van der Waals surface area contributed by atoms with Crippen molar-refractivity contribution in [3.63, 3.8) is 0 Å². The lowest BCUT2D eigenvalue weighted by Gasteiger charge is -2.23. The molecule has 0 bridgehead atoms. The predicted octanol–water partition coefficient (Wildman–Crippen LogP) is 3.07. The van der Waals surface area contributed by atoms with Gasteiger partial charge < -0.3 is 10.3 Å². The quantitative estimate of drug-likeness (QED) is 0.879. The molecule has 0 spiro atoms. The third-order valence-corrected chi connectivity index (χ3v) is 3.51. The second-order valence-electron chi connectivity index (χ2n) is 5.52. The maximum atomic E-state index is 5.90. The third kappa shape index (κ3) is 2.27. The number of unbranched alkanes of at least 4 members (excludes halogenated alkanes) is 1. The lowest BCUT2D eigenvalue weighted by atomic mass is 9.92. The number of imidazole rings is 1. The summed E-state index contributed by atoms with van der Waals surface area (Å²) in [6.45, 7) is 8.18. The van der Waals surface area contributed by atoms with Gasteiger partial charge in [-0.3, -0.25) is 0 Å². The number of hydrogen-bond donors (Lipinski definition) is 1. The molecule has 0 aliphatic heterocycles. The molecule has 1 aromatic carbocycles. The summed E-state index contributed by atoms with van der Waals surface area (Å²) in [5.74, 6) is 1.11. The number of aryl methyl sites for hydroxylation is 1. The first-order valence-electron chi connectivity index (χ1n) is 6.76. The molecular formula is C15H23N3. The molecule has 0 unspecified atom stereocenters. The molecule has 18 heavy (non-hydrogen) atoms. The van der Waals surface area contributed by atoms with Crippen molar-refractivity contribution in [3.8, 4) is 0 Å². The van der Waals surface area contributed by atoms with E-state index in [2.05, 4.69) is 43.5 Å². The molecule has 0 saturated carbocycles. The zero-order valence-corrected chi connectivity index (χ0v) is 11.6. The van der Waals surface area contributed by atoms with E-state index in [4.69, 9.17) is 10.7 Å². The molecule has 0 aliphatic carbocycles. The van der Waals surface area contributed by atoms with E-state index in [0.717, 1.165) is 17.9 Å². The van der Waals surface area contributed by atoms with Gasteiger partial charge in [0.2, 0.25) is 0 Å². The Morgan fingerprint density at radius 2 is 2.00 bits per heavy atom. The summed E-state index contributed by atoms with van der Waals surface area (Å²) >= 11 is 0. The summed E-state index contributed by atoms with van der Waals surface area (Å²) < 4.78 is 2.34. The van der Waals surface area contributed by atoms with Crippen molar-refractivity contribution in [2.45, 2.75) is 45.6 Å². The van der Waals surface area contributed by atoms with Crippen LogP contribution in [0.3, 0.4) is 0 Å². The highest BCUT2D eigenvalue weighted by Crippen LogP contribution is 2.26. The topological polar surface area (TPSA) is 43.8 Å². The van der Waals surface area contributed by atoms with Crippen molar-refractivity contribution in [1.29, 1.82) is 0 Å². The number of benzene rings is 1. The van der Waals surface area contributed by atoms with Gasteiger partial charge in [-0.25, -0.2) is 4.98 Å². The van der Waals surface area contributed by atoms with Crippen LogP contribution in [0.4, 0.5) is 0 Å². The second-order valence-corrected chi connectivity index (χ2v) is 5.52. The Morgan fingerprint density at radius 3 is 2.67 bits per heavy atom. The first-order chi connectivity index (χ1) is 8.60. The number of nitrogens with zero attached hydrogens (tertiary/aromatic N) is 2. The van der Waals surface area contributed by atoms with E-state index >= 15 is 0 Å². The Labute approximate surface area is 109 Å². The minimum absolute atomic E-state index is 0.0766. The van der Waals surface area contributed by atoms with Crippen LogP contribution in [0.5, 0.6) is 0 Å². The van der Waals surface area contributed by atoms with Crippen LogP contribution in [0.15, 0.2) is 24.3 Å². The van der Waals surface area contributed by atoms with E-state index in [1.807, 2.05) is 6.07 Å². The summed E-state index contributed by atoms with van der Waals surface area (Å²) in [6.07, 6.45) is 2.36. The summed E-state index contributed by atoms with van der Waals surface area (Å²) in [4.78, 5) is 4.79. The van der Waals surface area contributed by atoms with Gasteiger partial charge in [0.25, 0.3) is 0 Å². The van der Waals surface area contributed by atoms with E-state index in [1.54, 1.807) is 0 Å². The third-order valence-electron chi connectivity index (χ3n) is 3.51. The fraction of sp³-hybridized carbons (Fsp3) is 0.533. The van der Waals surface area contributed by atoms with Crippen LogP contribution in [0.1, 0.15) is 39.4 Å². The molecule has 0 saturated heterocycles. The molecular weight excluding hydrogens is 222 g/mol. The minimum atomic E-state index is -0.0766. The summed E-state index contributed by atoms with van der Waals surface area (Å²) in [6, 6.07) is 8.34. The minimum Gasteiger partial charge on any atom is -0.329 e. The molecule has 0 fully saturated rings. The van der Waals surface area contributed by atoms with Gasteiger partial charge in [-0.05, 0) is 18.6 Å². The standard InChI is InChI=1S/C15H23N3/c1-4-5-10-18-13-9-7-6-8-12(13)17-14(18)15(2,3)11-16/h6-9H,4-5,10-11,16H2,1-3H3. The summed E-state index contributed by atoms with van der Waals surface area (Å²) in [5, 5.41) is 0. The smallest absolute Gasteiger partial charge is 0.116 e. The number of aromatic nitrogens is 2. The fourth-order valence-electron chi connectivity index (χ4n) is 2.23. The van der Waals surface area contributed by atoms with E-state index in [-0.39, 0.29) is 5.41 Å². The number of hydrogen-bond acceptors (Lipinski definition) is 2. The molecule has 0 amide bonds. The Hall–Kier alpha value is -1.35. The maximum Gasteiger partial charge on any atom is 0.116 e. The highest BCUT2D eigenvalue weighted by molar-refractivity contribution is 5.76. The van der Waals surface area contributed by atoms with Crippen LogP contribution in [0.2, 0.25) is 0 Å². The van der Waals surface area contributed by atoms with Gasteiger partial charge in [-0.2, -0.15) is 0 Å². The number of nitrogens with two attached hydrogens (primary N) is 1. The van der Waals surface area contributed by atoms with Crippen molar-refractivity contribution >= 4 is 11.0 Å². The van der Waals surface area contributed by atoms with Crippen LogP contribution >= 0.6 is 0 Å². The molecule has 2 rings (SSSR count). The van der Waals surface area contributed by atoms with Gasteiger partial charge >= 0.3 is 0 Å². The first-order valence-corrected chi connectivity index (χ1v) is 6.76. The Morgan fingerprint density at radius 1 is 1.28 bits per heavy atom. The van der Waals surface area contributed by atoms with Crippen molar-refractivity contribution < 1.29 is 0 Å². The highest BCUT2D eigenvalue weighted by Gasteiger charge is 2.25. The van der Waals surface area contributed by atoms with Gasteiger partial charge in [0.05, 0.1) is 11.0 Å². The van der Waals surface area contributed by atoms with Crippen LogP contribution in [-0.2, 0) is 12.0 Å². The largest absolute Gasteiger partial charge is 0.329 e. The molecule has 0 atom stereocenters. The van der Waals surface area contributed by atoms with Gasteiger partial charge in [-0.15, -0.1) is 0 Å². The number of rotatable bonds is 5. The van der Waals surface area contributed by atoms with E-state index in [9.17, 15) is 0 Å². The zero-order valence-electron chi connectivity index (χ0n) is 11.6. The lowest BCUT2D eigenvalue weighted by molar-refractivity contribution is 0.465. The summed E-state index contributed by atoms with van der Waals surface area (Å²) in [7, 11) is 0. The molecule has 2 N–H and O–H groups in total. The van der Waals surface area contributed by atoms with Crippen molar-refractivity contribution in [2.75, 3.05) is 6.54 Å². The molecule has 98 valence electrons. The van der Waals surface area contributed by atoms with Gasteiger partial charge in [0, 0.05) is 18.5 Å². The second kappa shape index (κ2) is 5.11. The fourth-order valence-corrected chi connectivity index (χ4v) is 2.23. The van der Waals surface area contributed by atoms with Crippen LogP contribution in [0.25, 0.3) is 11.0 Å². The first kappa shape index (κ1) is 13.1. The van der Waals surface area contributed by atoms with Gasteiger partial charge in [-0.1, -0.05) is 39.3 Å². The Kier molecular flexibility index (Phi) is 3.71. The summed E-state index contributed by atoms with van der Waals surface area (Å²) in [5.41, 5.74) is 8.13. The normalized spacial score (nSPS) is 12.2. The van der Waals surface area contributed by atoms with Crippen molar-refractivity contribution in [3.05, 3.63) is 30.1 Å². The molecule has 2 aromatic rings. The van der Waals surface area contributed by atoms with E-state index in [0.29, 0.717) is 6.54 Å². The highest BCUT2D eigenvalue weighted by atomic mass is 15.1. The lowest BCUT2D eigenvalue weighted by Crippen LogP contribution is -2.31.